The summed E-state index contributed by atoms with van der Waals surface area (Å²) in [7, 11) is -4.02. The van der Waals surface area contributed by atoms with Gasteiger partial charge >= 0.3 is 16.1 Å². The Morgan fingerprint density at radius 3 is 2.13 bits per heavy atom. The van der Waals surface area contributed by atoms with E-state index < -0.39 is 34.4 Å². The molecule has 0 N–H and O–H groups in total. The zero-order valence-corrected chi connectivity index (χ0v) is 23.0. The summed E-state index contributed by atoms with van der Waals surface area (Å²) in [5.74, 6) is -1.82. The smallest absolute Gasteiger partial charge is 0.339 e. The molecule has 0 radical (unpaired) electrons. The number of Topliss-reactive ketones (excluding diaryl/α,β-unsaturated/α-hetero) is 1. The van der Waals surface area contributed by atoms with Crippen molar-refractivity contribution in [1.29, 1.82) is 0 Å². The molecule has 39 heavy (non-hydrogen) atoms. The largest absolute Gasteiger partial charge is 0.457 e. The van der Waals surface area contributed by atoms with Crippen LogP contribution in [0.25, 0.3) is 0 Å². The van der Waals surface area contributed by atoms with E-state index in [1.165, 1.54) is 36.4 Å². The van der Waals surface area contributed by atoms with Crippen LogP contribution in [-0.4, -0.2) is 39.2 Å². The first-order chi connectivity index (χ1) is 18.6. The summed E-state index contributed by atoms with van der Waals surface area (Å²) in [6, 6.07) is 17.8. The summed E-state index contributed by atoms with van der Waals surface area (Å²) < 4.78 is 35.4. The molecule has 204 valence electrons. The van der Waals surface area contributed by atoms with Crippen LogP contribution in [0.5, 0.6) is 5.75 Å². The highest BCUT2D eigenvalue weighted by atomic mass is 32.2. The number of amides is 1. The van der Waals surface area contributed by atoms with Crippen molar-refractivity contribution in [3.8, 4) is 5.75 Å². The maximum absolute atomic E-state index is 12.8. The van der Waals surface area contributed by atoms with Crippen molar-refractivity contribution in [2.45, 2.75) is 44.9 Å². The van der Waals surface area contributed by atoms with Crippen molar-refractivity contribution < 1.29 is 31.7 Å². The van der Waals surface area contributed by atoms with E-state index >= 15 is 0 Å². The van der Waals surface area contributed by atoms with Gasteiger partial charge in [0.15, 0.2) is 12.4 Å². The second kappa shape index (κ2) is 11.8. The number of carbonyl (C=O) groups excluding carboxylic acids is 3. The van der Waals surface area contributed by atoms with Crippen molar-refractivity contribution in [2.24, 2.45) is 5.92 Å². The zero-order chi connectivity index (χ0) is 28.2. The maximum atomic E-state index is 12.8. The highest BCUT2D eigenvalue weighted by Crippen LogP contribution is 2.33. The van der Waals surface area contributed by atoms with Gasteiger partial charge < -0.3 is 13.8 Å². The van der Waals surface area contributed by atoms with Crippen LogP contribution in [0.1, 0.15) is 47.3 Å². The highest BCUT2D eigenvalue weighted by molar-refractivity contribution is 7.87. The lowest BCUT2D eigenvalue weighted by Gasteiger charge is -2.23. The first-order valence-corrected chi connectivity index (χ1v) is 14.3. The molecule has 3 aromatic rings. The molecule has 4 rings (SSSR count). The number of para-hydroxylation sites is 1. The summed E-state index contributed by atoms with van der Waals surface area (Å²) in [6.45, 7) is 5.62. The summed E-state index contributed by atoms with van der Waals surface area (Å²) in [4.78, 5) is 39.9. The maximum Gasteiger partial charge on any atom is 0.339 e. The third-order valence-corrected chi connectivity index (χ3v) is 7.99. The highest BCUT2D eigenvalue weighted by Gasteiger charge is 2.37. The third kappa shape index (κ3) is 6.37. The number of hydrogen-bond acceptors (Lipinski definition) is 7. The number of anilines is 1. The number of ether oxygens (including phenoxy) is 1. The monoisotopic (exact) mass is 549 g/mol. The van der Waals surface area contributed by atoms with Gasteiger partial charge in [0.25, 0.3) is 0 Å². The fourth-order valence-electron chi connectivity index (χ4n) is 4.56. The summed E-state index contributed by atoms with van der Waals surface area (Å²) in [5.41, 5.74) is 4.11. The number of carbonyl (C=O) groups is 3. The molecule has 0 aromatic heterocycles. The minimum absolute atomic E-state index is 0.0215. The fraction of sp³-hybridized carbons (Fsp3) is 0.300. The normalized spacial score (nSPS) is 15.3. The molecule has 1 saturated heterocycles. The van der Waals surface area contributed by atoms with E-state index in [4.69, 9.17) is 8.92 Å². The Bertz CT molecular complexity index is 1460. The first-order valence-electron chi connectivity index (χ1n) is 12.8. The number of benzene rings is 3. The van der Waals surface area contributed by atoms with Gasteiger partial charge in [-0.2, -0.15) is 8.42 Å². The molecule has 9 heteroatoms. The molecule has 8 nitrogen and oxygen atoms in total. The van der Waals surface area contributed by atoms with Crippen LogP contribution in [0, 0.1) is 12.8 Å². The SMILES string of the molecule is CCc1cccc(CC)c1N1C[C@@H](C(=O)OCC(=O)c2ccc(OS(=O)(=O)c3ccc(C)cc3)cc2)CC1=O. The van der Waals surface area contributed by atoms with Gasteiger partial charge in [-0.15, -0.1) is 0 Å². The van der Waals surface area contributed by atoms with Crippen LogP contribution in [-0.2, 0) is 37.3 Å². The quantitative estimate of drug-likeness (QED) is 0.206. The lowest BCUT2D eigenvalue weighted by molar-refractivity contribution is -0.147. The van der Waals surface area contributed by atoms with Gasteiger partial charge in [0.2, 0.25) is 5.91 Å². The molecule has 0 unspecified atom stereocenters. The minimum Gasteiger partial charge on any atom is -0.457 e. The molecule has 1 atom stereocenters. The fourth-order valence-corrected chi connectivity index (χ4v) is 5.49. The molecule has 1 aliphatic heterocycles. The second-order valence-corrected chi connectivity index (χ2v) is 11.0. The van der Waals surface area contributed by atoms with Gasteiger partial charge in [0.1, 0.15) is 10.6 Å². The van der Waals surface area contributed by atoms with E-state index in [-0.39, 0.29) is 35.1 Å². The van der Waals surface area contributed by atoms with Gasteiger partial charge in [-0.05, 0) is 67.3 Å². The van der Waals surface area contributed by atoms with Crippen molar-refractivity contribution in [3.63, 3.8) is 0 Å². The Morgan fingerprint density at radius 2 is 1.54 bits per heavy atom. The number of ketones is 1. The van der Waals surface area contributed by atoms with E-state index in [0.29, 0.717) is 0 Å². The third-order valence-electron chi connectivity index (χ3n) is 6.73. The Kier molecular flexibility index (Phi) is 8.50. The topological polar surface area (TPSA) is 107 Å². The minimum atomic E-state index is -4.02. The predicted octanol–water partition coefficient (Wildman–Crippen LogP) is 4.67. The van der Waals surface area contributed by atoms with E-state index in [1.807, 2.05) is 39.0 Å². The number of aryl methyl sites for hydroxylation is 3. The average molecular weight is 550 g/mol. The molecule has 1 heterocycles. The van der Waals surface area contributed by atoms with Gasteiger partial charge in [0.05, 0.1) is 5.92 Å². The molecule has 1 amide bonds. The van der Waals surface area contributed by atoms with E-state index in [1.54, 1.807) is 17.0 Å². The Balaban J connectivity index is 1.35. The Morgan fingerprint density at radius 1 is 0.923 bits per heavy atom. The van der Waals surface area contributed by atoms with Gasteiger partial charge in [0, 0.05) is 24.2 Å². The molecule has 3 aromatic carbocycles. The van der Waals surface area contributed by atoms with Gasteiger partial charge in [-0.25, -0.2) is 0 Å². The standard InChI is InChI=1S/C30H31NO7S/c1-4-21-7-6-8-22(5-2)29(21)31-18-24(17-28(31)33)30(34)37-19-27(32)23-11-13-25(14-12-23)38-39(35,36)26-15-9-20(3)10-16-26/h6-16,24H,4-5,17-19H2,1-3H3/t24-/m0/s1. The lowest BCUT2D eigenvalue weighted by atomic mass is 10.0. The summed E-state index contributed by atoms with van der Waals surface area (Å²) in [5, 5.41) is 0. The van der Waals surface area contributed by atoms with E-state index in [2.05, 4.69) is 0 Å². The molecule has 0 aliphatic carbocycles. The molecule has 0 saturated carbocycles. The first kappa shape index (κ1) is 28.0. The van der Waals surface area contributed by atoms with E-state index in [0.717, 1.165) is 35.2 Å². The van der Waals surface area contributed by atoms with Crippen molar-refractivity contribution in [1.82, 2.24) is 0 Å². The predicted molar refractivity (Wildman–Crippen MR) is 146 cm³/mol. The zero-order valence-electron chi connectivity index (χ0n) is 22.2. The molecule has 1 fully saturated rings. The average Bonchev–Trinajstić information content (AvgIpc) is 3.32. The Hall–Kier alpha value is -3.98. The van der Waals surface area contributed by atoms with Crippen LogP contribution in [0.4, 0.5) is 5.69 Å². The molecule has 0 spiro atoms. The molecular weight excluding hydrogens is 518 g/mol. The van der Waals surface area contributed by atoms with Crippen LogP contribution in [0.15, 0.2) is 71.6 Å². The van der Waals surface area contributed by atoms with Gasteiger partial charge in [-0.3, -0.25) is 14.4 Å². The second-order valence-electron chi connectivity index (χ2n) is 9.44. The summed E-state index contributed by atoms with van der Waals surface area (Å²) >= 11 is 0. The van der Waals surface area contributed by atoms with Crippen molar-refractivity contribution in [2.75, 3.05) is 18.1 Å². The van der Waals surface area contributed by atoms with E-state index in [9.17, 15) is 22.8 Å². The number of esters is 1. The number of nitrogens with zero attached hydrogens (tertiary/aromatic N) is 1. The molecule has 0 bridgehead atoms. The number of rotatable bonds is 10. The van der Waals surface area contributed by atoms with Crippen LogP contribution < -0.4 is 9.08 Å². The Labute approximate surface area is 228 Å². The molecule has 1 aliphatic rings. The van der Waals surface area contributed by atoms with Crippen molar-refractivity contribution >= 4 is 33.5 Å². The molecular formula is C30H31NO7S. The van der Waals surface area contributed by atoms with Crippen LogP contribution >= 0.6 is 0 Å². The summed E-state index contributed by atoms with van der Waals surface area (Å²) in [6.07, 6.45) is 1.55. The number of hydrogen-bond donors (Lipinski definition) is 0. The lowest BCUT2D eigenvalue weighted by Crippen LogP contribution is -2.29. The van der Waals surface area contributed by atoms with Crippen LogP contribution in [0.3, 0.4) is 0 Å². The van der Waals surface area contributed by atoms with Gasteiger partial charge in [-0.1, -0.05) is 49.7 Å². The van der Waals surface area contributed by atoms with Crippen LogP contribution in [0.2, 0.25) is 0 Å². The van der Waals surface area contributed by atoms with Crippen molar-refractivity contribution in [3.05, 3.63) is 89.0 Å².